The van der Waals surface area contributed by atoms with Gasteiger partial charge in [0.25, 0.3) is 5.91 Å². The van der Waals surface area contributed by atoms with E-state index in [2.05, 4.69) is 15.5 Å². The molecule has 23 heavy (non-hydrogen) atoms. The molecule has 0 aliphatic carbocycles. The summed E-state index contributed by atoms with van der Waals surface area (Å²) < 4.78 is 5.31. The lowest BCUT2D eigenvalue weighted by Crippen LogP contribution is -2.52. The highest BCUT2D eigenvalue weighted by Crippen LogP contribution is 2.19. The molecule has 7 heteroatoms. The van der Waals surface area contributed by atoms with E-state index in [1.165, 1.54) is 6.92 Å². The number of amides is 1. The summed E-state index contributed by atoms with van der Waals surface area (Å²) in [5.74, 6) is -0.656. The van der Waals surface area contributed by atoms with E-state index in [4.69, 9.17) is 4.42 Å². The quantitative estimate of drug-likeness (QED) is 0.847. The molecule has 0 saturated carbocycles. The molecule has 2 N–H and O–H groups in total. The maximum atomic E-state index is 12.3. The number of carboxylic acids is 1. The Morgan fingerprint density at radius 1 is 1.26 bits per heavy atom. The number of carbonyl (C=O) groups excluding carboxylic acids is 1. The molecule has 1 aromatic heterocycles. The summed E-state index contributed by atoms with van der Waals surface area (Å²) in [5, 5.41) is 19.5. The molecule has 1 heterocycles. The predicted octanol–water partition coefficient (Wildman–Crippen LogP) is 2.42. The number of carboxylic acid groups (broad SMARTS) is 1. The van der Waals surface area contributed by atoms with E-state index in [0.29, 0.717) is 35.7 Å². The molecule has 0 aliphatic heterocycles. The Labute approximate surface area is 133 Å². The minimum absolute atomic E-state index is 0.355. The van der Waals surface area contributed by atoms with Crippen LogP contribution in [0.15, 0.2) is 28.7 Å². The van der Waals surface area contributed by atoms with Crippen LogP contribution in [0.25, 0.3) is 11.5 Å². The summed E-state index contributed by atoms with van der Waals surface area (Å²) in [6, 6.07) is 6.55. The lowest BCUT2D eigenvalue weighted by molar-refractivity contribution is -0.144. The summed E-state index contributed by atoms with van der Waals surface area (Å²) in [7, 11) is 0. The zero-order valence-corrected chi connectivity index (χ0v) is 13.3. The number of carbonyl (C=O) groups is 2. The van der Waals surface area contributed by atoms with E-state index in [1.807, 2.05) is 6.92 Å². The van der Waals surface area contributed by atoms with Crippen molar-refractivity contribution < 1.29 is 19.1 Å². The number of benzene rings is 1. The molecule has 1 aromatic carbocycles. The number of hydrogen-bond acceptors (Lipinski definition) is 5. The van der Waals surface area contributed by atoms with Gasteiger partial charge in [0.2, 0.25) is 11.8 Å². The van der Waals surface area contributed by atoms with Gasteiger partial charge in [-0.25, -0.2) is 4.79 Å². The van der Waals surface area contributed by atoms with Crippen molar-refractivity contribution in [3.05, 3.63) is 35.7 Å². The first kappa shape index (κ1) is 16.7. The normalized spacial score (nSPS) is 13.3. The highest BCUT2D eigenvalue weighted by Gasteiger charge is 2.34. The first-order valence-corrected chi connectivity index (χ1v) is 7.32. The third-order valence-corrected chi connectivity index (χ3v) is 3.53. The number of hydrogen-bond donors (Lipinski definition) is 2. The maximum absolute atomic E-state index is 12.3. The van der Waals surface area contributed by atoms with Crippen molar-refractivity contribution in [2.24, 2.45) is 0 Å². The topological polar surface area (TPSA) is 105 Å². The molecular formula is C16H19N3O4. The van der Waals surface area contributed by atoms with E-state index >= 15 is 0 Å². The highest BCUT2D eigenvalue weighted by atomic mass is 16.4. The van der Waals surface area contributed by atoms with E-state index in [1.54, 1.807) is 31.2 Å². The largest absolute Gasteiger partial charge is 0.480 e. The third-order valence-electron chi connectivity index (χ3n) is 3.53. The fourth-order valence-electron chi connectivity index (χ4n) is 2.22. The molecule has 0 bridgehead atoms. The van der Waals surface area contributed by atoms with Crippen molar-refractivity contribution in [2.75, 3.05) is 0 Å². The van der Waals surface area contributed by atoms with Crippen LogP contribution >= 0.6 is 0 Å². The fraction of sp³-hybridized carbons (Fsp3) is 0.375. The Balaban J connectivity index is 2.15. The Morgan fingerprint density at radius 2 is 1.91 bits per heavy atom. The lowest BCUT2D eigenvalue weighted by Gasteiger charge is -2.25. The van der Waals surface area contributed by atoms with Crippen LogP contribution in [0.2, 0.25) is 0 Å². The van der Waals surface area contributed by atoms with E-state index < -0.39 is 17.4 Å². The standard InChI is InChI=1S/C16H19N3O4/c1-4-9-16(3,15(21)22)17-13(20)11-5-7-12(8-6-11)14-19-18-10(2)23-14/h5-8H,4,9H2,1-3H3,(H,17,20)(H,21,22). The molecule has 1 amide bonds. The van der Waals surface area contributed by atoms with Crippen LogP contribution in [-0.4, -0.2) is 32.7 Å². The number of aromatic nitrogens is 2. The molecule has 2 rings (SSSR count). The van der Waals surface area contributed by atoms with Crippen LogP contribution < -0.4 is 5.32 Å². The van der Waals surface area contributed by atoms with Crippen LogP contribution in [0, 0.1) is 6.92 Å². The van der Waals surface area contributed by atoms with Gasteiger partial charge in [0.1, 0.15) is 5.54 Å². The molecule has 0 fully saturated rings. The first-order valence-electron chi connectivity index (χ1n) is 7.32. The van der Waals surface area contributed by atoms with Crippen molar-refractivity contribution in [2.45, 2.75) is 39.2 Å². The van der Waals surface area contributed by atoms with Crippen LogP contribution in [-0.2, 0) is 4.79 Å². The minimum Gasteiger partial charge on any atom is -0.480 e. The molecule has 2 aromatic rings. The van der Waals surface area contributed by atoms with Gasteiger partial charge in [-0.2, -0.15) is 0 Å². The van der Waals surface area contributed by atoms with Crippen molar-refractivity contribution >= 4 is 11.9 Å². The minimum atomic E-state index is -1.28. The monoisotopic (exact) mass is 317 g/mol. The molecule has 0 saturated heterocycles. The maximum Gasteiger partial charge on any atom is 0.329 e. The van der Waals surface area contributed by atoms with Crippen LogP contribution in [0.4, 0.5) is 0 Å². The molecule has 1 unspecified atom stereocenters. The third kappa shape index (κ3) is 3.74. The van der Waals surface area contributed by atoms with E-state index in [9.17, 15) is 14.7 Å². The van der Waals surface area contributed by atoms with Crippen molar-refractivity contribution in [1.82, 2.24) is 15.5 Å². The smallest absolute Gasteiger partial charge is 0.329 e. The number of rotatable bonds is 6. The number of aliphatic carboxylic acids is 1. The van der Waals surface area contributed by atoms with Gasteiger partial charge >= 0.3 is 5.97 Å². The number of nitrogens with zero attached hydrogens (tertiary/aromatic N) is 2. The van der Waals surface area contributed by atoms with E-state index in [-0.39, 0.29) is 0 Å². The Kier molecular flexibility index (Phi) is 4.78. The predicted molar refractivity (Wildman–Crippen MR) is 82.9 cm³/mol. The Morgan fingerprint density at radius 3 is 2.39 bits per heavy atom. The molecule has 1 atom stereocenters. The Bertz CT molecular complexity index is 708. The molecule has 0 aliphatic rings. The molecule has 7 nitrogen and oxygen atoms in total. The van der Waals surface area contributed by atoms with Gasteiger partial charge in [-0.1, -0.05) is 13.3 Å². The Hall–Kier alpha value is -2.70. The SMILES string of the molecule is CCCC(C)(NC(=O)c1ccc(-c2nnc(C)o2)cc1)C(=O)O. The molecule has 122 valence electrons. The van der Waals surface area contributed by atoms with Gasteiger partial charge in [0, 0.05) is 18.1 Å². The summed E-state index contributed by atoms with van der Waals surface area (Å²) in [6.45, 7) is 5.07. The molecule has 0 spiro atoms. The fourth-order valence-corrected chi connectivity index (χ4v) is 2.22. The average molecular weight is 317 g/mol. The van der Waals surface area contributed by atoms with E-state index in [0.717, 1.165) is 0 Å². The second-order valence-electron chi connectivity index (χ2n) is 5.54. The summed E-state index contributed by atoms with van der Waals surface area (Å²) in [6.07, 6.45) is 1.01. The van der Waals surface area contributed by atoms with Gasteiger partial charge in [-0.05, 0) is 37.6 Å². The second kappa shape index (κ2) is 6.60. The van der Waals surface area contributed by atoms with Crippen LogP contribution in [0.5, 0.6) is 0 Å². The number of aryl methyl sites for hydroxylation is 1. The summed E-state index contributed by atoms with van der Waals surface area (Å²) >= 11 is 0. The second-order valence-corrected chi connectivity index (χ2v) is 5.54. The number of nitrogens with one attached hydrogen (secondary N) is 1. The summed E-state index contributed by atoms with van der Waals surface area (Å²) in [5.41, 5.74) is -0.223. The van der Waals surface area contributed by atoms with Gasteiger partial charge < -0.3 is 14.8 Å². The molecular weight excluding hydrogens is 298 g/mol. The van der Waals surface area contributed by atoms with Gasteiger partial charge in [0.05, 0.1) is 0 Å². The van der Waals surface area contributed by atoms with Crippen LogP contribution in [0.3, 0.4) is 0 Å². The zero-order valence-electron chi connectivity index (χ0n) is 13.3. The van der Waals surface area contributed by atoms with Crippen molar-refractivity contribution in [3.63, 3.8) is 0 Å². The van der Waals surface area contributed by atoms with Crippen molar-refractivity contribution in [3.8, 4) is 11.5 Å². The lowest BCUT2D eigenvalue weighted by atomic mass is 9.95. The van der Waals surface area contributed by atoms with Crippen LogP contribution in [0.1, 0.15) is 42.9 Å². The summed E-state index contributed by atoms with van der Waals surface area (Å²) in [4.78, 5) is 23.6. The van der Waals surface area contributed by atoms with Crippen molar-refractivity contribution in [1.29, 1.82) is 0 Å². The van der Waals surface area contributed by atoms with Gasteiger partial charge in [-0.15, -0.1) is 10.2 Å². The van der Waals surface area contributed by atoms with Gasteiger partial charge in [0.15, 0.2) is 0 Å². The first-order chi connectivity index (χ1) is 10.9. The highest BCUT2D eigenvalue weighted by molar-refractivity contribution is 5.98. The zero-order chi connectivity index (χ0) is 17.0. The average Bonchev–Trinajstić information content (AvgIpc) is 2.94. The van der Waals surface area contributed by atoms with Gasteiger partial charge in [-0.3, -0.25) is 4.79 Å². The molecule has 0 radical (unpaired) electrons.